The quantitative estimate of drug-likeness (QED) is 0.850. The Balaban J connectivity index is 1.54. The van der Waals surface area contributed by atoms with Crippen molar-refractivity contribution in [2.45, 2.75) is 38.6 Å². The number of hydrogen-bond acceptors (Lipinski definition) is 4. The molecule has 6 nitrogen and oxygen atoms in total. The monoisotopic (exact) mass is 378 g/mol. The van der Waals surface area contributed by atoms with E-state index in [4.69, 9.17) is 0 Å². The molecule has 3 atom stereocenters. The fraction of sp³-hybridized carbons (Fsp3) is 0.579. The van der Waals surface area contributed by atoms with Crippen LogP contribution >= 0.6 is 0 Å². The van der Waals surface area contributed by atoms with Crippen LogP contribution in [0.2, 0.25) is 0 Å². The Labute approximate surface area is 154 Å². The van der Waals surface area contributed by atoms with Gasteiger partial charge in [-0.2, -0.15) is 0 Å². The van der Waals surface area contributed by atoms with Gasteiger partial charge >= 0.3 is 0 Å². The second kappa shape index (κ2) is 7.02. The van der Waals surface area contributed by atoms with E-state index in [0.29, 0.717) is 18.8 Å². The number of rotatable bonds is 5. The number of anilines is 1. The Kier molecular flexibility index (Phi) is 5.10. The summed E-state index contributed by atoms with van der Waals surface area (Å²) in [7, 11) is -1.39. The van der Waals surface area contributed by atoms with E-state index in [1.807, 2.05) is 24.3 Å². The number of amides is 2. The predicted molar refractivity (Wildman–Crippen MR) is 101 cm³/mol. The summed E-state index contributed by atoms with van der Waals surface area (Å²) in [6.07, 6.45) is 1.01. The van der Waals surface area contributed by atoms with E-state index in [-0.39, 0.29) is 41.2 Å². The maximum atomic E-state index is 12.5. The Bertz CT molecular complexity index is 801. The van der Waals surface area contributed by atoms with Crippen molar-refractivity contribution in [3.05, 3.63) is 29.8 Å². The molecule has 2 aliphatic rings. The summed E-state index contributed by atoms with van der Waals surface area (Å²) >= 11 is 0. The molecular weight excluding hydrogens is 352 g/mol. The lowest BCUT2D eigenvalue weighted by molar-refractivity contribution is -0.134. The molecule has 1 saturated carbocycles. The molecule has 2 amide bonds. The Hall–Kier alpha value is -1.89. The van der Waals surface area contributed by atoms with Crippen LogP contribution in [-0.4, -0.2) is 49.7 Å². The van der Waals surface area contributed by atoms with Crippen LogP contribution in [0.3, 0.4) is 0 Å². The minimum Gasteiger partial charge on any atom is -0.341 e. The van der Waals surface area contributed by atoms with Crippen LogP contribution in [-0.2, 0) is 19.4 Å². The van der Waals surface area contributed by atoms with Gasteiger partial charge in [-0.05, 0) is 36.5 Å². The Morgan fingerprint density at radius 1 is 1.15 bits per heavy atom. The van der Waals surface area contributed by atoms with Crippen LogP contribution in [0.15, 0.2) is 24.3 Å². The molecule has 7 heteroatoms. The maximum Gasteiger partial charge on any atom is 0.228 e. The second-order valence-electron chi connectivity index (χ2n) is 7.72. The van der Waals surface area contributed by atoms with Gasteiger partial charge in [0, 0.05) is 18.8 Å². The van der Waals surface area contributed by atoms with Crippen molar-refractivity contribution in [2.24, 2.45) is 11.8 Å². The van der Waals surface area contributed by atoms with E-state index in [0.717, 1.165) is 5.69 Å². The third-order valence-electron chi connectivity index (χ3n) is 5.39. The molecule has 1 aliphatic heterocycles. The van der Waals surface area contributed by atoms with Crippen molar-refractivity contribution in [2.75, 3.05) is 23.9 Å². The molecule has 1 N–H and O–H groups in total. The molecule has 2 fully saturated rings. The number of nitrogens with one attached hydrogen (secondary N) is 1. The van der Waals surface area contributed by atoms with Gasteiger partial charge in [0.05, 0.1) is 23.3 Å². The summed E-state index contributed by atoms with van der Waals surface area (Å²) in [6.45, 7) is 4.22. The summed E-state index contributed by atoms with van der Waals surface area (Å²) in [6, 6.07) is 7.47. The average molecular weight is 378 g/mol. The highest BCUT2D eigenvalue weighted by atomic mass is 32.2. The molecule has 0 spiro atoms. The van der Waals surface area contributed by atoms with Crippen molar-refractivity contribution in [1.29, 1.82) is 0 Å². The largest absolute Gasteiger partial charge is 0.341 e. The van der Waals surface area contributed by atoms with Crippen molar-refractivity contribution >= 4 is 27.3 Å². The molecule has 3 rings (SSSR count). The van der Waals surface area contributed by atoms with Gasteiger partial charge < -0.3 is 10.2 Å². The SMILES string of the molecule is CC(C)c1ccc(NC(=O)C2CC2C(=O)N(C)C2CCS(=O)(=O)C2)cc1. The molecule has 1 aromatic carbocycles. The van der Waals surface area contributed by atoms with Crippen LogP contribution < -0.4 is 5.32 Å². The van der Waals surface area contributed by atoms with E-state index in [2.05, 4.69) is 19.2 Å². The molecule has 1 aromatic rings. The molecule has 1 saturated heterocycles. The van der Waals surface area contributed by atoms with Crippen LogP contribution in [0.5, 0.6) is 0 Å². The molecular formula is C19H26N2O4S. The Morgan fingerprint density at radius 2 is 1.81 bits per heavy atom. The van der Waals surface area contributed by atoms with E-state index in [1.54, 1.807) is 7.05 Å². The number of sulfone groups is 1. The third kappa shape index (κ3) is 4.09. The predicted octanol–water partition coefficient (Wildman–Crippen LogP) is 2.03. The molecule has 0 bridgehead atoms. The first kappa shape index (κ1) is 18.9. The molecule has 3 unspecified atom stereocenters. The number of benzene rings is 1. The van der Waals surface area contributed by atoms with Gasteiger partial charge in [0.25, 0.3) is 0 Å². The van der Waals surface area contributed by atoms with E-state index in [9.17, 15) is 18.0 Å². The van der Waals surface area contributed by atoms with E-state index in [1.165, 1.54) is 10.5 Å². The smallest absolute Gasteiger partial charge is 0.228 e. The fourth-order valence-electron chi connectivity index (χ4n) is 3.47. The molecule has 0 radical (unpaired) electrons. The lowest BCUT2D eigenvalue weighted by Crippen LogP contribution is -2.39. The average Bonchev–Trinajstić information content (AvgIpc) is 3.31. The van der Waals surface area contributed by atoms with Gasteiger partial charge in [0.1, 0.15) is 0 Å². The Morgan fingerprint density at radius 3 is 2.35 bits per heavy atom. The third-order valence-corrected chi connectivity index (χ3v) is 7.14. The highest BCUT2D eigenvalue weighted by Gasteiger charge is 2.50. The van der Waals surface area contributed by atoms with Gasteiger partial charge in [0.2, 0.25) is 11.8 Å². The van der Waals surface area contributed by atoms with Crippen molar-refractivity contribution in [3.63, 3.8) is 0 Å². The number of carbonyl (C=O) groups is 2. The van der Waals surface area contributed by atoms with Gasteiger partial charge in [-0.1, -0.05) is 26.0 Å². The highest BCUT2D eigenvalue weighted by Crippen LogP contribution is 2.41. The van der Waals surface area contributed by atoms with Crippen LogP contribution in [0.1, 0.15) is 38.2 Å². The molecule has 142 valence electrons. The van der Waals surface area contributed by atoms with Gasteiger partial charge in [-0.3, -0.25) is 9.59 Å². The van der Waals surface area contributed by atoms with E-state index < -0.39 is 9.84 Å². The second-order valence-corrected chi connectivity index (χ2v) is 9.95. The number of nitrogens with zero attached hydrogens (tertiary/aromatic N) is 1. The fourth-order valence-corrected chi connectivity index (χ4v) is 5.24. The number of carbonyl (C=O) groups excluding carboxylic acids is 2. The van der Waals surface area contributed by atoms with Crippen LogP contribution in [0, 0.1) is 11.8 Å². The zero-order valence-corrected chi connectivity index (χ0v) is 16.3. The topological polar surface area (TPSA) is 83.6 Å². The molecule has 1 aliphatic carbocycles. The summed E-state index contributed by atoms with van der Waals surface area (Å²) in [5, 5.41) is 2.87. The minimum atomic E-state index is -3.03. The first-order chi connectivity index (χ1) is 12.2. The standard InChI is InChI=1S/C19H26N2O4S/c1-12(2)13-4-6-14(7-5-13)20-18(22)16-10-17(16)19(23)21(3)15-8-9-26(24,25)11-15/h4-7,12,15-17H,8-11H2,1-3H3,(H,20,22). The molecule has 1 heterocycles. The molecule has 0 aromatic heterocycles. The van der Waals surface area contributed by atoms with E-state index >= 15 is 0 Å². The number of hydrogen-bond donors (Lipinski definition) is 1. The normalized spacial score (nSPS) is 26.5. The summed E-state index contributed by atoms with van der Waals surface area (Å²) in [4.78, 5) is 26.4. The van der Waals surface area contributed by atoms with Crippen LogP contribution in [0.4, 0.5) is 5.69 Å². The lowest BCUT2D eigenvalue weighted by Gasteiger charge is -2.23. The van der Waals surface area contributed by atoms with Gasteiger partial charge in [-0.25, -0.2) is 8.42 Å². The summed E-state index contributed by atoms with van der Waals surface area (Å²) < 4.78 is 23.2. The molecule has 26 heavy (non-hydrogen) atoms. The van der Waals surface area contributed by atoms with Crippen molar-refractivity contribution < 1.29 is 18.0 Å². The first-order valence-electron chi connectivity index (χ1n) is 9.06. The van der Waals surface area contributed by atoms with Gasteiger partial charge in [0.15, 0.2) is 9.84 Å². The first-order valence-corrected chi connectivity index (χ1v) is 10.9. The zero-order valence-electron chi connectivity index (χ0n) is 15.4. The summed E-state index contributed by atoms with van der Waals surface area (Å²) in [5.74, 6) is -0.335. The minimum absolute atomic E-state index is 0.0288. The van der Waals surface area contributed by atoms with Crippen molar-refractivity contribution in [3.8, 4) is 0 Å². The highest BCUT2D eigenvalue weighted by molar-refractivity contribution is 7.91. The summed E-state index contributed by atoms with van der Waals surface area (Å²) in [5.41, 5.74) is 1.93. The van der Waals surface area contributed by atoms with Crippen molar-refractivity contribution in [1.82, 2.24) is 4.90 Å². The maximum absolute atomic E-state index is 12.5. The van der Waals surface area contributed by atoms with Gasteiger partial charge in [-0.15, -0.1) is 0 Å². The zero-order chi connectivity index (χ0) is 19.1. The van der Waals surface area contributed by atoms with Crippen LogP contribution in [0.25, 0.3) is 0 Å². The lowest BCUT2D eigenvalue weighted by atomic mass is 10.0.